The van der Waals surface area contributed by atoms with Crippen LogP contribution in [0.4, 0.5) is 0 Å². The molecule has 0 aliphatic carbocycles. The summed E-state index contributed by atoms with van der Waals surface area (Å²) in [6.07, 6.45) is 0.985. The molecule has 0 fully saturated rings. The second-order valence-corrected chi connectivity index (χ2v) is 7.30. The molecule has 0 bridgehead atoms. The van der Waals surface area contributed by atoms with Crippen LogP contribution in [0.25, 0.3) is 0 Å². The van der Waals surface area contributed by atoms with Crippen molar-refractivity contribution in [2.75, 3.05) is 6.54 Å². The number of hydrogen-bond donors (Lipinski definition) is 1. The zero-order valence-electron chi connectivity index (χ0n) is 14.1. The highest BCUT2D eigenvalue weighted by Gasteiger charge is 2.11. The molecule has 0 aliphatic heterocycles. The number of benzene rings is 2. The molecule has 128 valence electrons. The van der Waals surface area contributed by atoms with E-state index in [0.717, 1.165) is 31.2 Å². The lowest BCUT2D eigenvalue weighted by atomic mass is 10.1. The van der Waals surface area contributed by atoms with Gasteiger partial charge in [-0.05, 0) is 41.2 Å². The molecule has 1 heterocycles. The Bertz CT molecular complexity index is 755. The van der Waals surface area contributed by atoms with E-state index in [1.54, 1.807) is 11.3 Å². The van der Waals surface area contributed by atoms with E-state index in [1.807, 2.05) is 6.07 Å². The zero-order chi connectivity index (χ0) is 17.3. The number of nitrogens with one attached hydrogen (secondary N) is 1. The van der Waals surface area contributed by atoms with Crippen LogP contribution >= 0.6 is 23.6 Å². The molecule has 0 atom stereocenters. The van der Waals surface area contributed by atoms with E-state index in [4.69, 9.17) is 12.2 Å². The Labute approximate surface area is 159 Å². The minimum Gasteiger partial charge on any atom is -0.358 e. The first-order chi connectivity index (χ1) is 12.3. The van der Waals surface area contributed by atoms with Crippen molar-refractivity contribution in [1.82, 2.24) is 10.2 Å². The molecule has 0 aliphatic rings. The quantitative estimate of drug-likeness (QED) is 0.601. The van der Waals surface area contributed by atoms with E-state index in [-0.39, 0.29) is 0 Å². The maximum absolute atomic E-state index is 5.68. The van der Waals surface area contributed by atoms with Crippen molar-refractivity contribution >= 4 is 28.7 Å². The number of rotatable bonds is 7. The molecule has 0 radical (unpaired) electrons. The maximum atomic E-state index is 5.68. The molecule has 0 spiro atoms. The Morgan fingerprint density at radius 2 is 1.56 bits per heavy atom. The highest BCUT2D eigenvalue weighted by atomic mass is 32.1. The van der Waals surface area contributed by atoms with Gasteiger partial charge in [-0.25, -0.2) is 0 Å². The lowest BCUT2D eigenvalue weighted by Gasteiger charge is -2.25. The topological polar surface area (TPSA) is 15.3 Å². The summed E-state index contributed by atoms with van der Waals surface area (Å²) in [6.45, 7) is 2.51. The third kappa shape index (κ3) is 5.69. The fraction of sp³-hybridized carbons (Fsp3) is 0.190. The van der Waals surface area contributed by atoms with Gasteiger partial charge in [0, 0.05) is 18.0 Å². The van der Waals surface area contributed by atoms with Gasteiger partial charge >= 0.3 is 0 Å². The molecule has 0 saturated heterocycles. The van der Waals surface area contributed by atoms with E-state index in [0.29, 0.717) is 0 Å². The van der Waals surface area contributed by atoms with Gasteiger partial charge in [0.05, 0.1) is 6.54 Å². The van der Waals surface area contributed by atoms with Gasteiger partial charge < -0.3 is 10.2 Å². The lowest BCUT2D eigenvalue weighted by molar-refractivity contribution is 0.412. The van der Waals surface area contributed by atoms with E-state index < -0.39 is 0 Å². The third-order valence-corrected chi connectivity index (χ3v) is 5.28. The number of nitrogens with zero attached hydrogens (tertiary/aromatic N) is 1. The molecule has 0 saturated carbocycles. The molecule has 2 nitrogen and oxygen atoms in total. The smallest absolute Gasteiger partial charge is 0.169 e. The standard InChI is InChI=1S/C21H22N2S2/c24-21(22-16-19-10-5-2-6-11-19)23(17-20-12-7-15-25-20)14-13-18-8-3-1-4-9-18/h1-12,15H,13-14,16-17H2,(H,22,24). The molecular formula is C21H22N2S2. The van der Waals surface area contributed by atoms with Crippen molar-refractivity contribution in [2.24, 2.45) is 0 Å². The summed E-state index contributed by atoms with van der Waals surface area (Å²) in [5, 5.41) is 6.34. The van der Waals surface area contributed by atoms with Crippen LogP contribution in [0.3, 0.4) is 0 Å². The van der Waals surface area contributed by atoms with E-state index in [2.05, 4.69) is 82.3 Å². The Morgan fingerprint density at radius 1 is 0.880 bits per heavy atom. The predicted octanol–water partition coefficient (Wildman–Crippen LogP) is 4.87. The van der Waals surface area contributed by atoms with Crippen LogP contribution in [0, 0.1) is 0 Å². The fourth-order valence-electron chi connectivity index (χ4n) is 2.64. The van der Waals surface area contributed by atoms with Gasteiger partial charge in [-0.2, -0.15) is 0 Å². The van der Waals surface area contributed by atoms with Gasteiger partial charge in [0.1, 0.15) is 0 Å². The summed E-state index contributed by atoms with van der Waals surface area (Å²) >= 11 is 7.46. The number of hydrogen-bond acceptors (Lipinski definition) is 2. The second kappa shape index (κ2) is 9.35. The molecule has 3 aromatic rings. The second-order valence-electron chi connectivity index (χ2n) is 5.88. The molecule has 1 aromatic heterocycles. The predicted molar refractivity (Wildman–Crippen MR) is 111 cm³/mol. The van der Waals surface area contributed by atoms with Gasteiger partial charge in [-0.3, -0.25) is 0 Å². The first-order valence-corrected chi connectivity index (χ1v) is 9.73. The first-order valence-electron chi connectivity index (χ1n) is 8.44. The summed E-state index contributed by atoms with van der Waals surface area (Å²) in [4.78, 5) is 3.59. The number of thiophene rings is 1. The Hall–Kier alpha value is -2.17. The summed E-state index contributed by atoms with van der Waals surface area (Å²) in [5.74, 6) is 0. The summed E-state index contributed by atoms with van der Waals surface area (Å²) < 4.78 is 0. The van der Waals surface area contributed by atoms with Gasteiger partial charge in [-0.1, -0.05) is 66.7 Å². The monoisotopic (exact) mass is 366 g/mol. The molecule has 0 unspecified atom stereocenters. The van der Waals surface area contributed by atoms with Crippen LogP contribution in [0.1, 0.15) is 16.0 Å². The molecule has 4 heteroatoms. The largest absolute Gasteiger partial charge is 0.358 e. The Balaban J connectivity index is 1.61. The fourth-order valence-corrected chi connectivity index (χ4v) is 3.58. The van der Waals surface area contributed by atoms with Crippen LogP contribution < -0.4 is 5.32 Å². The van der Waals surface area contributed by atoms with Gasteiger partial charge in [0.15, 0.2) is 5.11 Å². The van der Waals surface area contributed by atoms with Crippen LogP contribution in [0.15, 0.2) is 78.2 Å². The lowest BCUT2D eigenvalue weighted by Crippen LogP contribution is -2.40. The highest BCUT2D eigenvalue weighted by molar-refractivity contribution is 7.80. The van der Waals surface area contributed by atoms with Gasteiger partial charge in [0.25, 0.3) is 0 Å². The molecular weight excluding hydrogens is 344 g/mol. The average molecular weight is 367 g/mol. The van der Waals surface area contributed by atoms with Crippen molar-refractivity contribution in [3.8, 4) is 0 Å². The molecule has 3 rings (SSSR count). The van der Waals surface area contributed by atoms with E-state index in [9.17, 15) is 0 Å². The minimum absolute atomic E-state index is 0.756. The van der Waals surface area contributed by atoms with Gasteiger partial charge in [0.2, 0.25) is 0 Å². The summed E-state index contributed by atoms with van der Waals surface area (Å²) in [6, 6.07) is 25.2. The van der Waals surface area contributed by atoms with Crippen molar-refractivity contribution in [3.63, 3.8) is 0 Å². The molecule has 1 N–H and O–H groups in total. The normalized spacial score (nSPS) is 10.4. The summed E-state index contributed by atoms with van der Waals surface area (Å²) in [5.41, 5.74) is 2.58. The van der Waals surface area contributed by atoms with Crippen LogP contribution in [-0.4, -0.2) is 16.6 Å². The molecule has 2 aromatic carbocycles. The van der Waals surface area contributed by atoms with Crippen molar-refractivity contribution in [1.29, 1.82) is 0 Å². The SMILES string of the molecule is S=C(NCc1ccccc1)N(CCc1ccccc1)Cc1cccs1. The van der Waals surface area contributed by atoms with Gasteiger partial charge in [-0.15, -0.1) is 11.3 Å². The highest BCUT2D eigenvalue weighted by Crippen LogP contribution is 2.13. The molecule has 25 heavy (non-hydrogen) atoms. The number of thiocarbonyl (C=S) groups is 1. The van der Waals surface area contributed by atoms with Crippen LogP contribution in [0.2, 0.25) is 0 Å². The van der Waals surface area contributed by atoms with Crippen molar-refractivity contribution in [2.45, 2.75) is 19.5 Å². The summed E-state index contributed by atoms with van der Waals surface area (Å²) in [7, 11) is 0. The zero-order valence-corrected chi connectivity index (χ0v) is 15.7. The maximum Gasteiger partial charge on any atom is 0.169 e. The minimum atomic E-state index is 0.756. The molecule has 0 amide bonds. The average Bonchev–Trinajstić information content (AvgIpc) is 3.18. The first kappa shape index (κ1) is 17.6. The van der Waals surface area contributed by atoms with E-state index in [1.165, 1.54) is 16.0 Å². The Morgan fingerprint density at radius 3 is 2.20 bits per heavy atom. The third-order valence-electron chi connectivity index (χ3n) is 4.01. The van der Waals surface area contributed by atoms with E-state index >= 15 is 0 Å². The van der Waals surface area contributed by atoms with Crippen LogP contribution in [-0.2, 0) is 19.5 Å². The van der Waals surface area contributed by atoms with Crippen molar-refractivity contribution < 1.29 is 0 Å². The van der Waals surface area contributed by atoms with Crippen molar-refractivity contribution in [3.05, 3.63) is 94.2 Å². The van der Waals surface area contributed by atoms with Crippen LogP contribution in [0.5, 0.6) is 0 Å². The Kier molecular flexibility index (Phi) is 6.60.